The Labute approximate surface area is 143 Å². The number of rotatable bonds is 3. The highest BCUT2D eigenvalue weighted by atomic mass is 19.1. The number of aryl methyl sites for hydroxylation is 1. The molecule has 1 aliphatic rings. The van der Waals surface area contributed by atoms with Gasteiger partial charge in [0.15, 0.2) is 5.57 Å². The summed E-state index contributed by atoms with van der Waals surface area (Å²) >= 11 is 0. The van der Waals surface area contributed by atoms with Crippen LogP contribution in [-0.2, 0) is 19.1 Å². The number of benzene rings is 1. The van der Waals surface area contributed by atoms with Gasteiger partial charge in [0.1, 0.15) is 5.82 Å². The van der Waals surface area contributed by atoms with Gasteiger partial charge in [-0.05, 0) is 25.1 Å². The van der Waals surface area contributed by atoms with Gasteiger partial charge in [-0.15, -0.1) is 0 Å². The molecule has 3 rings (SSSR count). The van der Waals surface area contributed by atoms with Crippen molar-refractivity contribution in [2.75, 3.05) is 5.32 Å². The zero-order valence-corrected chi connectivity index (χ0v) is 13.9. The Morgan fingerprint density at radius 2 is 1.92 bits per heavy atom. The standard InChI is InChI=1S/C17H16FN3O4/c1-10-8-21(9-20-10)14-5-4-11(6-13(14)18)19-7-12-15(22)24-17(2,3)25-16(12)23/h4-9,19H,1-3H3. The molecule has 0 aliphatic carbocycles. The number of esters is 2. The molecule has 0 radical (unpaired) electrons. The van der Waals surface area contributed by atoms with E-state index in [1.807, 2.05) is 0 Å². The van der Waals surface area contributed by atoms with E-state index in [9.17, 15) is 14.0 Å². The van der Waals surface area contributed by atoms with Crippen molar-refractivity contribution < 1.29 is 23.5 Å². The average molecular weight is 345 g/mol. The quantitative estimate of drug-likeness (QED) is 0.523. The van der Waals surface area contributed by atoms with Gasteiger partial charge in [-0.25, -0.2) is 19.0 Å². The Kier molecular flexibility index (Phi) is 4.03. The van der Waals surface area contributed by atoms with Crippen molar-refractivity contribution in [2.24, 2.45) is 0 Å². The van der Waals surface area contributed by atoms with Crippen LogP contribution in [-0.4, -0.2) is 27.3 Å². The molecular formula is C17H16FN3O4. The first-order chi connectivity index (χ1) is 11.7. The number of aromatic nitrogens is 2. The molecule has 1 saturated heterocycles. The maximum Gasteiger partial charge on any atom is 0.350 e. The molecule has 1 N–H and O–H groups in total. The molecule has 8 heteroatoms. The Balaban J connectivity index is 1.79. The number of cyclic esters (lactones) is 2. The summed E-state index contributed by atoms with van der Waals surface area (Å²) in [5, 5.41) is 2.70. The first kappa shape index (κ1) is 16.7. The summed E-state index contributed by atoms with van der Waals surface area (Å²) in [5.41, 5.74) is 1.16. The fourth-order valence-corrected chi connectivity index (χ4v) is 2.29. The van der Waals surface area contributed by atoms with E-state index in [-0.39, 0.29) is 5.57 Å². The highest BCUT2D eigenvalue weighted by molar-refractivity contribution is 6.15. The average Bonchev–Trinajstić information content (AvgIpc) is 2.91. The van der Waals surface area contributed by atoms with Gasteiger partial charge in [0.2, 0.25) is 0 Å². The lowest BCUT2D eigenvalue weighted by molar-refractivity contribution is -0.222. The summed E-state index contributed by atoms with van der Waals surface area (Å²) in [5.74, 6) is -3.41. The second-order valence-corrected chi connectivity index (χ2v) is 5.97. The SMILES string of the molecule is Cc1cn(-c2ccc(NC=C3C(=O)OC(C)(C)OC3=O)cc2F)cn1. The van der Waals surface area contributed by atoms with Crippen LogP contribution in [0.5, 0.6) is 0 Å². The summed E-state index contributed by atoms with van der Waals surface area (Å²) in [6.45, 7) is 4.72. The van der Waals surface area contributed by atoms with Crippen molar-refractivity contribution in [3.63, 3.8) is 0 Å². The third kappa shape index (κ3) is 3.52. The van der Waals surface area contributed by atoms with Crippen LogP contribution in [0.2, 0.25) is 0 Å². The molecule has 130 valence electrons. The van der Waals surface area contributed by atoms with Gasteiger partial charge in [0, 0.05) is 31.9 Å². The van der Waals surface area contributed by atoms with Gasteiger partial charge in [-0.2, -0.15) is 0 Å². The van der Waals surface area contributed by atoms with Crippen LogP contribution in [0.1, 0.15) is 19.5 Å². The summed E-state index contributed by atoms with van der Waals surface area (Å²) in [7, 11) is 0. The van der Waals surface area contributed by atoms with E-state index >= 15 is 0 Å². The molecule has 1 aliphatic heterocycles. The molecule has 2 heterocycles. The van der Waals surface area contributed by atoms with Crippen LogP contribution >= 0.6 is 0 Å². The largest absolute Gasteiger partial charge is 0.419 e. The Morgan fingerprint density at radius 1 is 1.24 bits per heavy atom. The third-order valence-corrected chi connectivity index (χ3v) is 3.44. The second kappa shape index (κ2) is 6.04. The number of halogens is 1. The van der Waals surface area contributed by atoms with E-state index in [0.29, 0.717) is 11.4 Å². The predicted octanol–water partition coefficient (Wildman–Crippen LogP) is 2.45. The molecule has 0 amide bonds. The van der Waals surface area contributed by atoms with Crippen molar-refractivity contribution in [3.05, 3.63) is 54.0 Å². The number of nitrogens with zero attached hydrogens (tertiary/aromatic N) is 2. The van der Waals surface area contributed by atoms with Gasteiger partial charge in [0.05, 0.1) is 17.7 Å². The van der Waals surface area contributed by atoms with Crippen LogP contribution in [0.3, 0.4) is 0 Å². The van der Waals surface area contributed by atoms with Gasteiger partial charge >= 0.3 is 11.9 Å². The lowest BCUT2D eigenvalue weighted by Gasteiger charge is -2.29. The number of carbonyl (C=O) groups is 2. The summed E-state index contributed by atoms with van der Waals surface area (Å²) in [6.07, 6.45) is 4.34. The van der Waals surface area contributed by atoms with E-state index < -0.39 is 23.5 Å². The maximum absolute atomic E-state index is 14.3. The molecule has 0 bridgehead atoms. The monoisotopic (exact) mass is 345 g/mol. The van der Waals surface area contributed by atoms with Gasteiger partial charge < -0.3 is 19.4 Å². The number of imidazole rings is 1. The molecule has 1 aromatic heterocycles. The molecule has 0 atom stereocenters. The molecule has 0 unspecified atom stereocenters. The summed E-state index contributed by atoms with van der Waals surface area (Å²) < 4.78 is 25.8. The van der Waals surface area contributed by atoms with Crippen LogP contribution in [0.4, 0.5) is 10.1 Å². The van der Waals surface area contributed by atoms with Crippen molar-refractivity contribution in [3.8, 4) is 5.69 Å². The molecular weight excluding hydrogens is 329 g/mol. The molecule has 7 nitrogen and oxygen atoms in total. The number of ether oxygens (including phenoxy) is 2. The van der Waals surface area contributed by atoms with Gasteiger partial charge in [-0.3, -0.25) is 0 Å². The number of hydrogen-bond donors (Lipinski definition) is 1. The molecule has 1 fully saturated rings. The fraction of sp³-hybridized carbons (Fsp3) is 0.235. The second-order valence-electron chi connectivity index (χ2n) is 5.97. The molecule has 0 spiro atoms. The van der Waals surface area contributed by atoms with Crippen LogP contribution in [0, 0.1) is 12.7 Å². The van der Waals surface area contributed by atoms with Crippen LogP contribution < -0.4 is 5.32 Å². The Bertz CT molecular complexity index is 864. The highest BCUT2D eigenvalue weighted by Crippen LogP contribution is 2.23. The van der Waals surface area contributed by atoms with Gasteiger partial charge in [0.25, 0.3) is 5.79 Å². The zero-order valence-electron chi connectivity index (χ0n) is 13.9. The van der Waals surface area contributed by atoms with Crippen LogP contribution in [0.25, 0.3) is 5.69 Å². The lowest BCUT2D eigenvalue weighted by atomic mass is 10.2. The smallest absolute Gasteiger partial charge is 0.350 e. The van der Waals surface area contributed by atoms with E-state index in [2.05, 4.69) is 10.3 Å². The van der Waals surface area contributed by atoms with Crippen molar-refractivity contribution in [1.29, 1.82) is 0 Å². The van der Waals surface area contributed by atoms with E-state index in [1.165, 1.54) is 26.2 Å². The number of anilines is 1. The Hall–Kier alpha value is -3.16. The normalized spacial score (nSPS) is 16.2. The maximum atomic E-state index is 14.3. The summed E-state index contributed by atoms with van der Waals surface area (Å²) in [4.78, 5) is 27.7. The fourth-order valence-electron chi connectivity index (χ4n) is 2.29. The minimum Gasteiger partial charge on any atom is -0.419 e. The minimum absolute atomic E-state index is 0.297. The molecule has 2 aromatic rings. The number of hydrogen-bond acceptors (Lipinski definition) is 6. The number of nitrogens with one attached hydrogen (secondary N) is 1. The van der Waals surface area contributed by atoms with Crippen molar-refractivity contribution >= 4 is 17.6 Å². The topological polar surface area (TPSA) is 82.5 Å². The van der Waals surface area contributed by atoms with E-state index in [0.717, 1.165) is 11.9 Å². The first-order valence-electron chi connectivity index (χ1n) is 7.49. The zero-order chi connectivity index (χ0) is 18.2. The van der Waals surface area contributed by atoms with Crippen molar-refractivity contribution in [2.45, 2.75) is 26.6 Å². The highest BCUT2D eigenvalue weighted by Gasteiger charge is 2.38. The van der Waals surface area contributed by atoms with E-state index in [1.54, 1.807) is 29.8 Å². The number of carbonyl (C=O) groups excluding carboxylic acids is 2. The van der Waals surface area contributed by atoms with E-state index in [4.69, 9.17) is 9.47 Å². The summed E-state index contributed by atoms with van der Waals surface area (Å²) in [6, 6.07) is 4.40. The lowest BCUT2D eigenvalue weighted by Crippen LogP contribution is -2.42. The Morgan fingerprint density at radius 3 is 2.48 bits per heavy atom. The molecule has 25 heavy (non-hydrogen) atoms. The van der Waals surface area contributed by atoms with Crippen LogP contribution in [0.15, 0.2) is 42.5 Å². The van der Waals surface area contributed by atoms with Crippen molar-refractivity contribution in [1.82, 2.24) is 9.55 Å². The molecule has 1 aromatic carbocycles. The first-order valence-corrected chi connectivity index (χ1v) is 7.49. The third-order valence-electron chi connectivity index (χ3n) is 3.44. The minimum atomic E-state index is -1.30. The molecule has 0 saturated carbocycles. The van der Waals surface area contributed by atoms with Gasteiger partial charge in [-0.1, -0.05) is 0 Å². The predicted molar refractivity (Wildman–Crippen MR) is 86.2 cm³/mol.